The molecular formula is C12H11FN2O3. The van der Waals surface area contributed by atoms with Crippen molar-refractivity contribution < 1.29 is 14.1 Å². The molecule has 0 radical (unpaired) electrons. The Kier molecular flexibility index (Phi) is 4.38. The quantitative estimate of drug-likeness (QED) is 0.503. The van der Waals surface area contributed by atoms with Gasteiger partial charge in [0.2, 0.25) is 0 Å². The van der Waals surface area contributed by atoms with E-state index in [1.807, 2.05) is 0 Å². The summed E-state index contributed by atoms with van der Waals surface area (Å²) in [6, 6.07) is 2.56. The van der Waals surface area contributed by atoms with Crippen LogP contribution in [0.4, 0.5) is 10.1 Å². The fourth-order valence-corrected chi connectivity index (χ4v) is 1.33. The summed E-state index contributed by atoms with van der Waals surface area (Å²) in [4.78, 5) is 21.3. The smallest absolute Gasteiger partial charge is 0.272 e. The zero-order valence-electron chi connectivity index (χ0n) is 9.64. The predicted molar refractivity (Wildman–Crippen MR) is 63.4 cm³/mol. The van der Waals surface area contributed by atoms with E-state index in [1.54, 1.807) is 6.92 Å². The number of nitro groups is 1. The molecule has 0 saturated carbocycles. The Balaban J connectivity index is 2.88. The molecule has 0 fully saturated rings. The van der Waals surface area contributed by atoms with Gasteiger partial charge in [0.25, 0.3) is 11.6 Å². The number of non-ortho nitro benzene ring substituents is 1. The molecule has 0 aliphatic carbocycles. The van der Waals surface area contributed by atoms with Crippen molar-refractivity contribution in [3.05, 3.63) is 39.7 Å². The molecule has 1 aromatic rings. The van der Waals surface area contributed by atoms with Crippen LogP contribution in [0.5, 0.6) is 0 Å². The Morgan fingerprint density at radius 1 is 1.67 bits per heavy atom. The lowest BCUT2D eigenvalue weighted by molar-refractivity contribution is -0.385. The number of terminal acetylenes is 1. The normalized spacial score (nSPS) is 11.4. The van der Waals surface area contributed by atoms with Gasteiger partial charge in [0, 0.05) is 18.5 Å². The summed E-state index contributed by atoms with van der Waals surface area (Å²) in [6.07, 6.45) is 5.40. The van der Waals surface area contributed by atoms with Crippen LogP contribution in [0, 0.1) is 28.3 Å². The summed E-state index contributed by atoms with van der Waals surface area (Å²) in [6.45, 7) is 1.68. The third-order valence-electron chi connectivity index (χ3n) is 2.21. The Morgan fingerprint density at radius 3 is 2.83 bits per heavy atom. The molecule has 5 nitrogen and oxygen atoms in total. The first-order valence-electron chi connectivity index (χ1n) is 5.14. The zero-order chi connectivity index (χ0) is 13.7. The zero-order valence-corrected chi connectivity index (χ0v) is 9.64. The highest BCUT2D eigenvalue weighted by molar-refractivity contribution is 5.94. The van der Waals surface area contributed by atoms with Gasteiger partial charge in [-0.15, -0.1) is 12.3 Å². The Morgan fingerprint density at radius 2 is 2.33 bits per heavy atom. The first-order chi connectivity index (χ1) is 8.45. The number of halogens is 1. The van der Waals surface area contributed by atoms with E-state index >= 15 is 0 Å². The fourth-order valence-electron chi connectivity index (χ4n) is 1.33. The van der Waals surface area contributed by atoms with E-state index in [2.05, 4.69) is 11.2 Å². The van der Waals surface area contributed by atoms with Gasteiger partial charge in [-0.05, 0) is 13.0 Å². The molecule has 1 aromatic carbocycles. The van der Waals surface area contributed by atoms with Gasteiger partial charge in [-0.2, -0.15) is 0 Å². The first kappa shape index (κ1) is 13.6. The number of carbonyl (C=O) groups excluding carboxylic acids is 1. The molecule has 18 heavy (non-hydrogen) atoms. The first-order valence-corrected chi connectivity index (χ1v) is 5.14. The molecule has 0 spiro atoms. The summed E-state index contributed by atoms with van der Waals surface area (Å²) in [5.41, 5.74) is -0.648. The number of hydrogen-bond acceptors (Lipinski definition) is 3. The third kappa shape index (κ3) is 3.28. The topological polar surface area (TPSA) is 72.2 Å². The highest BCUT2D eigenvalue weighted by atomic mass is 19.1. The number of amides is 1. The minimum atomic E-state index is -0.936. The van der Waals surface area contributed by atoms with Crippen molar-refractivity contribution in [3.8, 4) is 12.3 Å². The van der Waals surface area contributed by atoms with Crippen molar-refractivity contribution in [2.75, 3.05) is 0 Å². The Hall–Kier alpha value is -2.42. The molecule has 1 rings (SSSR count). The maximum absolute atomic E-state index is 13.5. The number of benzene rings is 1. The molecule has 1 amide bonds. The van der Waals surface area contributed by atoms with Gasteiger partial charge in [0.05, 0.1) is 16.6 Å². The third-order valence-corrected chi connectivity index (χ3v) is 2.21. The van der Waals surface area contributed by atoms with Crippen LogP contribution in [0.3, 0.4) is 0 Å². The SMILES string of the molecule is C#CCC(C)NC(=O)c1ccc([N+](=O)[O-])cc1F. The lowest BCUT2D eigenvalue weighted by atomic mass is 10.1. The van der Waals surface area contributed by atoms with Crippen LogP contribution in [0.25, 0.3) is 0 Å². The number of nitro benzene ring substituents is 1. The van der Waals surface area contributed by atoms with Crippen molar-refractivity contribution in [2.45, 2.75) is 19.4 Å². The molecule has 1 N–H and O–H groups in total. The van der Waals surface area contributed by atoms with Crippen LogP contribution in [0.1, 0.15) is 23.7 Å². The van der Waals surface area contributed by atoms with Gasteiger partial charge < -0.3 is 5.32 Å². The number of rotatable bonds is 4. The lowest BCUT2D eigenvalue weighted by Gasteiger charge is -2.11. The van der Waals surface area contributed by atoms with Crippen molar-refractivity contribution in [2.24, 2.45) is 0 Å². The molecule has 94 valence electrons. The molecule has 0 saturated heterocycles. The van der Waals surface area contributed by atoms with Crippen LogP contribution in [0.2, 0.25) is 0 Å². The monoisotopic (exact) mass is 250 g/mol. The molecule has 0 aliphatic heterocycles. The maximum Gasteiger partial charge on any atom is 0.272 e. The van der Waals surface area contributed by atoms with Crippen LogP contribution < -0.4 is 5.32 Å². The van der Waals surface area contributed by atoms with Crippen LogP contribution in [0.15, 0.2) is 18.2 Å². The van der Waals surface area contributed by atoms with Crippen molar-refractivity contribution in [1.29, 1.82) is 0 Å². The molecule has 0 heterocycles. The van der Waals surface area contributed by atoms with E-state index in [4.69, 9.17) is 6.42 Å². The van der Waals surface area contributed by atoms with E-state index in [0.29, 0.717) is 12.5 Å². The molecule has 1 unspecified atom stereocenters. The number of nitrogens with zero attached hydrogens (tertiary/aromatic N) is 1. The molecule has 0 aliphatic rings. The lowest BCUT2D eigenvalue weighted by Crippen LogP contribution is -2.32. The molecular weight excluding hydrogens is 239 g/mol. The van der Waals surface area contributed by atoms with E-state index < -0.39 is 22.3 Å². The van der Waals surface area contributed by atoms with Gasteiger partial charge in [-0.3, -0.25) is 14.9 Å². The van der Waals surface area contributed by atoms with Crippen molar-refractivity contribution in [3.63, 3.8) is 0 Å². The Labute approximate surface area is 103 Å². The second-order valence-electron chi connectivity index (χ2n) is 3.70. The molecule has 0 aromatic heterocycles. The molecule has 6 heteroatoms. The molecule has 0 bridgehead atoms. The second kappa shape index (κ2) is 5.77. The van der Waals surface area contributed by atoms with Crippen molar-refractivity contribution >= 4 is 11.6 Å². The van der Waals surface area contributed by atoms with E-state index in [1.165, 1.54) is 0 Å². The average molecular weight is 250 g/mol. The summed E-state index contributed by atoms with van der Waals surface area (Å²) in [5.74, 6) is 0.782. The van der Waals surface area contributed by atoms with Gasteiger partial charge in [0.1, 0.15) is 5.82 Å². The van der Waals surface area contributed by atoms with Crippen LogP contribution >= 0.6 is 0 Å². The minimum absolute atomic E-state index is 0.246. The number of hydrogen-bond donors (Lipinski definition) is 1. The predicted octanol–water partition coefficient (Wildman–Crippen LogP) is 1.88. The van der Waals surface area contributed by atoms with Gasteiger partial charge in [0.15, 0.2) is 0 Å². The van der Waals surface area contributed by atoms with E-state index in [0.717, 1.165) is 12.1 Å². The maximum atomic E-state index is 13.5. The van der Waals surface area contributed by atoms with Crippen LogP contribution in [-0.2, 0) is 0 Å². The summed E-state index contributed by atoms with van der Waals surface area (Å²) >= 11 is 0. The minimum Gasteiger partial charge on any atom is -0.349 e. The largest absolute Gasteiger partial charge is 0.349 e. The summed E-state index contributed by atoms with van der Waals surface area (Å²) in [5, 5.41) is 12.9. The van der Waals surface area contributed by atoms with Gasteiger partial charge >= 0.3 is 0 Å². The van der Waals surface area contributed by atoms with Gasteiger partial charge in [-0.25, -0.2) is 4.39 Å². The van der Waals surface area contributed by atoms with Crippen LogP contribution in [-0.4, -0.2) is 16.9 Å². The summed E-state index contributed by atoms with van der Waals surface area (Å²) < 4.78 is 13.5. The fraction of sp³-hybridized carbons (Fsp3) is 0.250. The van der Waals surface area contributed by atoms with E-state index in [9.17, 15) is 19.3 Å². The summed E-state index contributed by atoms with van der Waals surface area (Å²) in [7, 11) is 0. The van der Waals surface area contributed by atoms with Gasteiger partial charge in [-0.1, -0.05) is 0 Å². The Bertz CT molecular complexity index is 523. The number of carbonyl (C=O) groups is 1. The molecule has 1 atom stereocenters. The van der Waals surface area contributed by atoms with Crippen molar-refractivity contribution in [1.82, 2.24) is 5.32 Å². The highest BCUT2D eigenvalue weighted by Crippen LogP contribution is 2.16. The van der Waals surface area contributed by atoms with E-state index in [-0.39, 0.29) is 11.6 Å². The number of nitrogens with one attached hydrogen (secondary N) is 1. The highest BCUT2D eigenvalue weighted by Gasteiger charge is 2.17. The average Bonchev–Trinajstić information content (AvgIpc) is 2.28. The second-order valence-corrected chi connectivity index (χ2v) is 3.70. The standard InChI is InChI=1S/C12H11FN2O3/c1-3-4-8(2)14-12(16)10-6-5-9(15(17)18)7-11(10)13/h1,5-8H,4H2,2H3,(H,14,16).